The van der Waals surface area contributed by atoms with E-state index in [1.54, 1.807) is 0 Å². The SMILES string of the molecule is CN1CCC(N(C)Cc2nn(C)c3cccc(Cl)c23)C1. The molecule has 1 unspecified atom stereocenters. The Bertz CT molecular complexity index is 622. The monoisotopic (exact) mass is 292 g/mol. The lowest BCUT2D eigenvalue weighted by Crippen LogP contribution is -2.33. The molecule has 0 amide bonds. The number of hydrogen-bond acceptors (Lipinski definition) is 3. The smallest absolute Gasteiger partial charge is 0.0858 e. The van der Waals surface area contributed by atoms with Crippen LogP contribution >= 0.6 is 11.6 Å². The Kier molecular flexibility index (Phi) is 3.71. The molecule has 20 heavy (non-hydrogen) atoms. The first kappa shape index (κ1) is 13.9. The van der Waals surface area contributed by atoms with Crippen molar-refractivity contribution in [2.24, 2.45) is 7.05 Å². The van der Waals surface area contributed by atoms with Gasteiger partial charge in [0.1, 0.15) is 0 Å². The first-order valence-electron chi connectivity index (χ1n) is 7.05. The number of nitrogens with zero attached hydrogens (tertiary/aromatic N) is 4. The molecule has 2 aromatic rings. The molecule has 1 atom stereocenters. The van der Waals surface area contributed by atoms with Gasteiger partial charge in [0.15, 0.2) is 0 Å². The normalized spacial score (nSPS) is 20.4. The maximum atomic E-state index is 6.36. The molecule has 3 rings (SSSR count). The van der Waals surface area contributed by atoms with E-state index in [1.807, 2.05) is 23.9 Å². The predicted octanol–water partition coefficient (Wildman–Crippen LogP) is 2.36. The summed E-state index contributed by atoms with van der Waals surface area (Å²) in [5, 5.41) is 6.54. The second-order valence-electron chi connectivity index (χ2n) is 5.82. The molecule has 1 aliphatic heterocycles. The third-order valence-corrected chi connectivity index (χ3v) is 4.60. The molecule has 1 saturated heterocycles. The fourth-order valence-corrected chi connectivity index (χ4v) is 3.38. The van der Waals surface area contributed by atoms with Crippen LogP contribution in [0.15, 0.2) is 18.2 Å². The summed E-state index contributed by atoms with van der Waals surface area (Å²) in [6.45, 7) is 3.16. The van der Waals surface area contributed by atoms with Gasteiger partial charge in [0.2, 0.25) is 0 Å². The maximum absolute atomic E-state index is 6.36. The van der Waals surface area contributed by atoms with Crippen molar-refractivity contribution in [3.8, 4) is 0 Å². The van der Waals surface area contributed by atoms with Gasteiger partial charge in [0, 0.05) is 31.6 Å². The molecule has 5 heteroatoms. The second kappa shape index (κ2) is 5.35. The van der Waals surface area contributed by atoms with Gasteiger partial charge in [-0.2, -0.15) is 5.10 Å². The van der Waals surface area contributed by atoms with Crippen molar-refractivity contribution in [2.45, 2.75) is 19.0 Å². The lowest BCUT2D eigenvalue weighted by Gasteiger charge is -2.23. The summed E-state index contributed by atoms with van der Waals surface area (Å²) in [5.41, 5.74) is 2.18. The first-order valence-corrected chi connectivity index (χ1v) is 7.43. The zero-order valence-corrected chi connectivity index (χ0v) is 13.1. The van der Waals surface area contributed by atoms with E-state index in [4.69, 9.17) is 11.6 Å². The quantitative estimate of drug-likeness (QED) is 0.868. The second-order valence-corrected chi connectivity index (χ2v) is 6.23. The topological polar surface area (TPSA) is 24.3 Å². The molecule has 108 valence electrons. The summed E-state index contributed by atoms with van der Waals surface area (Å²) in [5.74, 6) is 0. The average molecular weight is 293 g/mol. The highest BCUT2D eigenvalue weighted by atomic mass is 35.5. The van der Waals surface area contributed by atoms with E-state index >= 15 is 0 Å². The number of benzene rings is 1. The zero-order chi connectivity index (χ0) is 14.3. The van der Waals surface area contributed by atoms with Crippen LogP contribution in [0.5, 0.6) is 0 Å². The molecule has 1 fully saturated rings. The van der Waals surface area contributed by atoms with Crippen LogP contribution in [0.4, 0.5) is 0 Å². The number of rotatable bonds is 3. The van der Waals surface area contributed by atoms with Crippen molar-refractivity contribution < 1.29 is 0 Å². The Morgan fingerprint density at radius 3 is 2.90 bits per heavy atom. The zero-order valence-electron chi connectivity index (χ0n) is 12.3. The lowest BCUT2D eigenvalue weighted by atomic mass is 10.1. The van der Waals surface area contributed by atoms with Gasteiger partial charge in [-0.25, -0.2) is 0 Å². The van der Waals surface area contributed by atoms with Crippen LogP contribution < -0.4 is 0 Å². The van der Waals surface area contributed by atoms with Gasteiger partial charge in [-0.1, -0.05) is 17.7 Å². The summed E-state index contributed by atoms with van der Waals surface area (Å²) in [7, 11) is 6.34. The van der Waals surface area contributed by atoms with Gasteiger partial charge in [0.05, 0.1) is 16.2 Å². The summed E-state index contributed by atoms with van der Waals surface area (Å²) in [6, 6.07) is 6.60. The van der Waals surface area contributed by atoms with E-state index in [1.165, 1.54) is 13.0 Å². The van der Waals surface area contributed by atoms with E-state index < -0.39 is 0 Å². The van der Waals surface area contributed by atoms with Crippen LogP contribution in [-0.4, -0.2) is 52.8 Å². The molecular weight excluding hydrogens is 272 g/mol. The summed E-state index contributed by atoms with van der Waals surface area (Å²) in [6.07, 6.45) is 1.23. The fraction of sp³-hybridized carbons (Fsp3) is 0.533. The van der Waals surface area contributed by atoms with Crippen molar-refractivity contribution in [1.82, 2.24) is 19.6 Å². The minimum atomic E-state index is 0.611. The largest absolute Gasteiger partial charge is 0.305 e. The van der Waals surface area contributed by atoms with Crippen molar-refractivity contribution in [1.29, 1.82) is 0 Å². The van der Waals surface area contributed by atoms with E-state index in [0.29, 0.717) is 6.04 Å². The molecule has 0 saturated carbocycles. The van der Waals surface area contributed by atoms with Crippen molar-refractivity contribution in [3.05, 3.63) is 28.9 Å². The van der Waals surface area contributed by atoms with E-state index in [2.05, 4.69) is 35.1 Å². The van der Waals surface area contributed by atoms with Crippen LogP contribution in [0.3, 0.4) is 0 Å². The van der Waals surface area contributed by atoms with Gasteiger partial charge in [-0.05, 0) is 39.2 Å². The number of fused-ring (bicyclic) bond motifs is 1. The van der Waals surface area contributed by atoms with Crippen LogP contribution in [0.25, 0.3) is 10.9 Å². The van der Waals surface area contributed by atoms with Gasteiger partial charge in [0.25, 0.3) is 0 Å². The van der Waals surface area contributed by atoms with E-state index in [-0.39, 0.29) is 0 Å². The predicted molar refractivity (Wildman–Crippen MR) is 83.1 cm³/mol. The number of hydrogen-bond donors (Lipinski definition) is 0. The highest BCUT2D eigenvalue weighted by Crippen LogP contribution is 2.27. The Morgan fingerprint density at radius 1 is 1.40 bits per heavy atom. The third kappa shape index (κ3) is 2.43. The molecule has 0 spiro atoms. The van der Waals surface area contributed by atoms with E-state index in [9.17, 15) is 0 Å². The Morgan fingerprint density at radius 2 is 2.20 bits per heavy atom. The van der Waals surface area contributed by atoms with Gasteiger partial charge in [-0.15, -0.1) is 0 Å². The Balaban J connectivity index is 1.87. The van der Waals surface area contributed by atoms with Gasteiger partial charge in [-0.3, -0.25) is 9.58 Å². The molecular formula is C15H21ClN4. The summed E-state index contributed by atoms with van der Waals surface area (Å²) >= 11 is 6.36. The highest BCUT2D eigenvalue weighted by molar-refractivity contribution is 6.35. The number of likely N-dealkylation sites (N-methyl/N-ethyl adjacent to an activating group) is 2. The minimum absolute atomic E-state index is 0.611. The number of halogens is 1. The van der Waals surface area contributed by atoms with E-state index in [0.717, 1.165) is 34.7 Å². The lowest BCUT2D eigenvalue weighted by molar-refractivity contribution is 0.232. The molecule has 0 N–H and O–H groups in total. The van der Waals surface area contributed by atoms with Gasteiger partial charge >= 0.3 is 0 Å². The average Bonchev–Trinajstić information content (AvgIpc) is 2.96. The molecule has 0 radical (unpaired) electrons. The number of aryl methyl sites for hydroxylation is 1. The molecule has 1 aromatic heterocycles. The van der Waals surface area contributed by atoms with Crippen molar-refractivity contribution in [2.75, 3.05) is 27.2 Å². The minimum Gasteiger partial charge on any atom is -0.305 e. The maximum Gasteiger partial charge on any atom is 0.0858 e. The Hall–Kier alpha value is -1.10. The first-order chi connectivity index (χ1) is 9.56. The van der Waals surface area contributed by atoms with Gasteiger partial charge < -0.3 is 4.90 Å². The standard InChI is InChI=1S/C15H21ClN4/c1-18-8-7-11(9-18)19(2)10-13-15-12(16)5-4-6-14(15)20(3)17-13/h4-6,11H,7-10H2,1-3H3. The number of likely N-dealkylation sites (tertiary alicyclic amines) is 1. The highest BCUT2D eigenvalue weighted by Gasteiger charge is 2.24. The molecule has 4 nitrogen and oxygen atoms in total. The fourth-order valence-electron chi connectivity index (χ4n) is 3.10. The third-order valence-electron chi connectivity index (χ3n) is 4.29. The summed E-state index contributed by atoms with van der Waals surface area (Å²) in [4.78, 5) is 4.78. The number of aromatic nitrogens is 2. The Labute approximate surface area is 124 Å². The van der Waals surface area contributed by atoms with Crippen LogP contribution in [-0.2, 0) is 13.6 Å². The molecule has 1 aromatic carbocycles. The van der Waals surface area contributed by atoms with Crippen LogP contribution in [0.1, 0.15) is 12.1 Å². The summed E-state index contributed by atoms with van der Waals surface area (Å²) < 4.78 is 1.92. The molecule has 1 aliphatic rings. The van der Waals surface area contributed by atoms with Crippen LogP contribution in [0, 0.1) is 0 Å². The van der Waals surface area contributed by atoms with Crippen molar-refractivity contribution in [3.63, 3.8) is 0 Å². The van der Waals surface area contributed by atoms with Crippen molar-refractivity contribution >= 4 is 22.5 Å². The molecule has 2 heterocycles. The molecule has 0 aliphatic carbocycles. The van der Waals surface area contributed by atoms with Crippen LogP contribution in [0.2, 0.25) is 5.02 Å². The molecule has 0 bridgehead atoms.